The first-order valence-electron chi connectivity index (χ1n) is 8.01. The molecule has 2 unspecified atom stereocenters. The monoisotopic (exact) mass is 269 g/mol. The maximum atomic E-state index is 11.2. The zero-order chi connectivity index (χ0) is 14.3. The van der Waals surface area contributed by atoms with E-state index in [4.69, 9.17) is 0 Å². The van der Waals surface area contributed by atoms with E-state index in [1.54, 1.807) is 0 Å². The van der Waals surface area contributed by atoms with Crippen molar-refractivity contribution in [2.45, 2.75) is 84.2 Å². The van der Waals surface area contributed by atoms with Gasteiger partial charge in [-0.3, -0.25) is 4.79 Å². The molecule has 0 aromatic carbocycles. The molecule has 19 heavy (non-hydrogen) atoms. The Labute approximate surface area is 118 Å². The van der Waals surface area contributed by atoms with Gasteiger partial charge < -0.3 is 10.4 Å². The summed E-state index contributed by atoms with van der Waals surface area (Å²) in [5.41, 5.74) is 0. The summed E-state index contributed by atoms with van der Waals surface area (Å²) in [6.07, 6.45) is 9.02. The molecule has 3 heteroatoms. The first kappa shape index (κ1) is 16.5. The zero-order valence-corrected chi connectivity index (χ0v) is 12.8. The van der Waals surface area contributed by atoms with E-state index < -0.39 is 5.97 Å². The average molecular weight is 269 g/mol. The molecule has 3 atom stereocenters. The van der Waals surface area contributed by atoms with Crippen LogP contribution in [0.1, 0.15) is 72.1 Å². The normalized spacial score (nSPS) is 24.8. The minimum Gasteiger partial charge on any atom is -0.480 e. The number of carboxylic acid groups (broad SMARTS) is 1. The number of carboxylic acids is 1. The third-order valence-electron chi connectivity index (χ3n) is 4.27. The van der Waals surface area contributed by atoms with Crippen LogP contribution in [-0.2, 0) is 4.79 Å². The predicted molar refractivity (Wildman–Crippen MR) is 79.3 cm³/mol. The molecule has 0 aliphatic heterocycles. The fraction of sp³-hybridized carbons (Fsp3) is 0.938. The molecule has 1 aliphatic carbocycles. The lowest BCUT2D eigenvalue weighted by molar-refractivity contribution is -0.139. The van der Waals surface area contributed by atoms with Crippen molar-refractivity contribution in [1.29, 1.82) is 0 Å². The third-order valence-corrected chi connectivity index (χ3v) is 4.27. The van der Waals surface area contributed by atoms with Gasteiger partial charge >= 0.3 is 5.97 Å². The van der Waals surface area contributed by atoms with E-state index in [0.29, 0.717) is 6.04 Å². The van der Waals surface area contributed by atoms with Crippen LogP contribution in [0.5, 0.6) is 0 Å². The Morgan fingerprint density at radius 3 is 2.63 bits per heavy atom. The summed E-state index contributed by atoms with van der Waals surface area (Å²) in [5.74, 6) is 0.905. The standard InChI is InChI=1S/C16H31NO2/c1-4-5-6-15(16(18)19)17-14-10-9-13(11-14)8-7-12(2)3/h12-15,17H,4-11H2,1-3H3,(H,18,19)/t13?,14?,15-/m0/s1. The van der Waals surface area contributed by atoms with Crippen LogP contribution in [0.2, 0.25) is 0 Å². The number of rotatable bonds is 9. The molecule has 0 spiro atoms. The van der Waals surface area contributed by atoms with Gasteiger partial charge in [-0.25, -0.2) is 0 Å². The highest BCUT2D eigenvalue weighted by Gasteiger charge is 2.28. The van der Waals surface area contributed by atoms with Gasteiger partial charge in [0, 0.05) is 6.04 Å². The van der Waals surface area contributed by atoms with E-state index in [1.165, 1.54) is 25.7 Å². The number of hydrogen-bond donors (Lipinski definition) is 2. The van der Waals surface area contributed by atoms with Gasteiger partial charge in [0.25, 0.3) is 0 Å². The van der Waals surface area contributed by atoms with Gasteiger partial charge in [0.15, 0.2) is 0 Å². The third kappa shape index (κ3) is 6.42. The van der Waals surface area contributed by atoms with Crippen molar-refractivity contribution in [3.8, 4) is 0 Å². The topological polar surface area (TPSA) is 49.3 Å². The highest BCUT2D eigenvalue weighted by atomic mass is 16.4. The Bertz CT molecular complexity index is 265. The number of unbranched alkanes of at least 4 members (excludes halogenated alkanes) is 1. The van der Waals surface area contributed by atoms with Gasteiger partial charge in [0.2, 0.25) is 0 Å². The molecule has 1 saturated carbocycles. The largest absolute Gasteiger partial charge is 0.480 e. The van der Waals surface area contributed by atoms with Crippen LogP contribution in [0, 0.1) is 11.8 Å². The molecule has 0 saturated heterocycles. The fourth-order valence-corrected chi connectivity index (χ4v) is 3.03. The lowest BCUT2D eigenvalue weighted by Gasteiger charge is -2.20. The molecule has 0 radical (unpaired) electrons. The Morgan fingerprint density at radius 1 is 1.32 bits per heavy atom. The average Bonchev–Trinajstić information content (AvgIpc) is 2.79. The lowest BCUT2D eigenvalue weighted by atomic mass is 9.96. The molecule has 112 valence electrons. The van der Waals surface area contributed by atoms with E-state index in [1.807, 2.05) is 0 Å². The van der Waals surface area contributed by atoms with E-state index >= 15 is 0 Å². The number of aliphatic carboxylic acids is 1. The molecule has 2 N–H and O–H groups in total. The highest BCUT2D eigenvalue weighted by Crippen LogP contribution is 2.30. The van der Waals surface area contributed by atoms with Gasteiger partial charge in [0.05, 0.1) is 0 Å². The molecule has 1 rings (SSSR count). The summed E-state index contributed by atoms with van der Waals surface area (Å²) in [7, 11) is 0. The smallest absolute Gasteiger partial charge is 0.320 e. The van der Waals surface area contributed by atoms with Crippen LogP contribution < -0.4 is 5.32 Å². The fourth-order valence-electron chi connectivity index (χ4n) is 3.03. The van der Waals surface area contributed by atoms with Crippen LogP contribution in [-0.4, -0.2) is 23.2 Å². The Morgan fingerprint density at radius 2 is 2.05 bits per heavy atom. The molecule has 0 aromatic heterocycles. The molecule has 0 aromatic rings. The minimum atomic E-state index is -0.681. The maximum absolute atomic E-state index is 11.2. The molecular weight excluding hydrogens is 238 g/mol. The van der Waals surface area contributed by atoms with Crippen molar-refractivity contribution in [1.82, 2.24) is 5.32 Å². The quantitative estimate of drug-likeness (QED) is 0.669. The first-order chi connectivity index (χ1) is 9.02. The molecule has 1 fully saturated rings. The minimum absolute atomic E-state index is 0.339. The van der Waals surface area contributed by atoms with Gasteiger partial charge in [-0.2, -0.15) is 0 Å². The van der Waals surface area contributed by atoms with E-state index in [-0.39, 0.29) is 6.04 Å². The molecule has 0 bridgehead atoms. The molecule has 3 nitrogen and oxygen atoms in total. The van der Waals surface area contributed by atoms with Crippen LogP contribution in [0.4, 0.5) is 0 Å². The van der Waals surface area contributed by atoms with Crippen molar-refractivity contribution >= 4 is 5.97 Å². The summed E-state index contributed by atoms with van der Waals surface area (Å²) >= 11 is 0. The van der Waals surface area contributed by atoms with Gasteiger partial charge in [-0.05, 0) is 37.5 Å². The van der Waals surface area contributed by atoms with Crippen LogP contribution >= 0.6 is 0 Å². The van der Waals surface area contributed by atoms with Crippen molar-refractivity contribution in [2.75, 3.05) is 0 Å². The first-order valence-corrected chi connectivity index (χ1v) is 8.01. The Kier molecular flexibility index (Phi) is 7.44. The van der Waals surface area contributed by atoms with E-state index in [9.17, 15) is 9.90 Å². The highest BCUT2D eigenvalue weighted by molar-refractivity contribution is 5.73. The SMILES string of the molecule is CCCC[C@H](NC1CCC(CCC(C)C)C1)C(=O)O. The van der Waals surface area contributed by atoms with Crippen LogP contribution in [0.25, 0.3) is 0 Å². The van der Waals surface area contributed by atoms with E-state index in [2.05, 4.69) is 26.1 Å². The number of carbonyl (C=O) groups is 1. The van der Waals surface area contributed by atoms with Crippen LogP contribution in [0.3, 0.4) is 0 Å². The van der Waals surface area contributed by atoms with Gasteiger partial charge in [-0.1, -0.05) is 46.5 Å². The van der Waals surface area contributed by atoms with Crippen molar-refractivity contribution in [3.05, 3.63) is 0 Å². The summed E-state index contributed by atoms with van der Waals surface area (Å²) in [6.45, 7) is 6.65. The zero-order valence-electron chi connectivity index (χ0n) is 12.8. The number of hydrogen-bond acceptors (Lipinski definition) is 2. The van der Waals surface area contributed by atoms with Crippen molar-refractivity contribution < 1.29 is 9.90 Å². The summed E-state index contributed by atoms with van der Waals surface area (Å²) in [5, 5.41) is 12.6. The maximum Gasteiger partial charge on any atom is 0.320 e. The Hall–Kier alpha value is -0.570. The van der Waals surface area contributed by atoms with E-state index in [0.717, 1.165) is 37.5 Å². The van der Waals surface area contributed by atoms with Gasteiger partial charge in [0.1, 0.15) is 6.04 Å². The second-order valence-corrected chi connectivity index (χ2v) is 6.55. The molecule has 0 amide bonds. The molecular formula is C16H31NO2. The second-order valence-electron chi connectivity index (χ2n) is 6.55. The van der Waals surface area contributed by atoms with Crippen molar-refractivity contribution in [3.63, 3.8) is 0 Å². The van der Waals surface area contributed by atoms with Crippen molar-refractivity contribution in [2.24, 2.45) is 11.8 Å². The summed E-state index contributed by atoms with van der Waals surface area (Å²) in [4.78, 5) is 11.2. The summed E-state index contributed by atoms with van der Waals surface area (Å²) in [6, 6.07) is 0.0870. The Balaban J connectivity index is 2.30. The lowest BCUT2D eigenvalue weighted by Crippen LogP contribution is -2.42. The van der Waals surface area contributed by atoms with Gasteiger partial charge in [-0.15, -0.1) is 0 Å². The van der Waals surface area contributed by atoms with Crippen LogP contribution in [0.15, 0.2) is 0 Å². The molecule has 0 heterocycles. The second kappa shape index (κ2) is 8.57. The summed E-state index contributed by atoms with van der Waals surface area (Å²) < 4.78 is 0. The predicted octanol–water partition coefficient (Wildman–Crippen LogP) is 3.82. The number of nitrogens with one attached hydrogen (secondary N) is 1. The molecule has 1 aliphatic rings.